The fraction of sp³-hybridized carbons (Fsp3) is 0.576. The summed E-state index contributed by atoms with van der Waals surface area (Å²) in [4.78, 5) is 33.1. The molecule has 0 unspecified atom stereocenters. The maximum absolute atomic E-state index is 13.8. The molecule has 216 valence electrons. The van der Waals surface area contributed by atoms with Crippen LogP contribution in [0.3, 0.4) is 0 Å². The van der Waals surface area contributed by atoms with Crippen LogP contribution in [0, 0.1) is 5.92 Å². The van der Waals surface area contributed by atoms with Crippen LogP contribution in [-0.2, 0) is 16.1 Å². The number of nitrogens with zero attached hydrogens (tertiary/aromatic N) is 2. The number of carbonyl (C=O) groups excluding carboxylic acids is 2. The number of hydrogen-bond donors (Lipinski definition) is 1. The molecule has 7 heteroatoms. The molecule has 1 saturated carbocycles. The Bertz CT molecular complexity index is 1120. The fourth-order valence-corrected chi connectivity index (χ4v) is 7.12. The molecule has 0 bridgehead atoms. The summed E-state index contributed by atoms with van der Waals surface area (Å²) < 4.78 is 6.02. The Balaban J connectivity index is 1.18. The van der Waals surface area contributed by atoms with Gasteiger partial charge in [0.25, 0.3) is 0 Å². The molecule has 2 aliphatic heterocycles. The number of rotatable bonds is 10. The lowest BCUT2D eigenvalue weighted by Gasteiger charge is -2.52. The summed E-state index contributed by atoms with van der Waals surface area (Å²) in [5, 5.41) is 3.21. The molecule has 2 amide bonds. The summed E-state index contributed by atoms with van der Waals surface area (Å²) in [6.45, 7) is 5.27. The standard InChI is InChI=1S/C33H45N3O3S/c1-3-4-20-36-31(37)30(23-25-8-6-5-7-9-25)34-32(38)33(36)18-21-35(22-19-33)24-26-10-12-27(13-11-26)39-28-14-16-29(40-2)17-15-28/h10-17,25,30H,3-9,18-24H2,1-2H3,(H,34,38)/t30-/m0/s1. The number of hydrogen-bond acceptors (Lipinski definition) is 5. The highest BCUT2D eigenvalue weighted by atomic mass is 32.2. The van der Waals surface area contributed by atoms with E-state index in [-0.39, 0.29) is 17.9 Å². The first-order valence-corrected chi connectivity index (χ1v) is 16.5. The van der Waals surface area contributed by atoms with Crippen LogP contribution in [-0.4, -0.2) is 59.1 Å². The van der Waals surface area contributed by atoms with Crippen molar-refractivity contribution in [2.24, 2.45) is 5.92 Å². The number of piperazine rings is 1. The molecule has 0 aromatic heterocycles. The number of piperidine rings is 1. The first kappa shape index (κ1) is 29.0. The zero-order valence-corrected chi connectivity index (χ0v) is 25.0. The molecule has 5 rings (SSSR count). The summed E-state index contributed by atoms with van der Waals surface area (Å²) in [5.74, 6) is 2.46. The van der Waals surface area contributed by atoms with Crippen molar-refractivity contribution in [2.45, 2.75) is 94.2 Å². The molecular weight excluding hydrogens is 518 g/mol. The van der Waals surface area contributed by atoms with E-state index in [9.17, 15) is 9.59 Å². The highest BCUT2D eigenvalue weighted by Gasteiger charge is 2.53. The van der Waals surface area contributed by atoms with Crippen molar-refractivity contribution < 1.29 is 14.3 Å². The highest BCUT2D eigenvalue weighted by Crippen LogP contribution is 2.36. The minimum Gasteiger partial charge on any atom is -0.457 e. The number of likely N-dealkylation sites (tertiary alicyclic amines) is 1. The third kappa shape index (κ3) is 6.68. The number of ether oxygens (including phenoxy) is 1. The molecule has 3 aliphatic rings. The van der Waals surface area contributed by atoms with Gasteiger partial charge in [-0.2, -0.15) is 0 Å². The number of benzene rings is 2. The van der Waals surface area contributed by atoms with Crippen molar-refractivity contribution in [2.75, 3.05) is 25.9 Å². The monoisotopic (exact) mass is 563 g/mol. The first-order chi connectivity index (χ1) is 19.5. The predicted octanol–water partition coefficient (Wildman–Crippen LogP) is 6.63. The van der Waals surface area contributed by atoms with Crippen LogP contribution in [0.5, 0.6) is 11.5 Å². The van der Waals surface area contributed by atoms with Gasteiger partial charge in [-0.25, -0.2) is 0 Å². The average molecular weight is 564 g/mol. The van der Waals surface area contributed by atoms with Crippen LogP contribution in [0.2, 0.25) is 0 Å². The van der Waals surface area contributed by atoms with Crippen molar-refractivity contribution in [3.8, 4) is 11.5 Å². The second-order valence-corrected chi connectivity index (χ2v) is 12.7. The predicted molar refractivity (Wildman–Crippen MR) is 162 cm³/mol. The van der Waals surface area contributed by atoms with Gasteiger partial charge in [0, 0.05) is 31.1 Å². The van der Waals surface area contributed by atoms with Crippen LogP contribution < -0.4 is 10.1 Å². The molecular formula is C33H45N3O3S. The SMILES string of the molecule is CCCCN1C(=O)[C@H](CC2CCCCC2)NC(=O)C12CCN(Cc1ccc(Oc3ccc(SC)cc3)cc1)CC2. The maximum Gasteiger partial charge on any atom is 0.246 e. The lowest BCUT2D eigenvalue weighted by Crippen LogP contribution is -2.73. The van der Waals surface area contributed by atoms with E-state index in [4.69, 9.17) is 4.74 Å². The Kier molecular flexibility index (Phi) is 9.74. The molecule has 3 fully saturated rings. The largest absolute Gasteiger partial charge is 0.457 e. The second kappa shape index (κ2) is 13.4. The van der Waals surface area contributed by atoms with Crippen molar-refractivity contribution in [1.82, 2.24) is 15.1 Å². The highest BCUT2D eigenvalue weighted by molar-refractivity contribution is 7.98. The fourth-order valence-electron chi connectivity index (χ4n) is 6.71. The Morgan fingerprint density at radius 2 is 1.60 bits per heavy atom. The van der Waals surface area contributed by atoms with Crippen LogP contribution in [0.25, 0.3) is 0 Å². The average Bonchev–Trinajstić information content (AvgIpc) is 2.99. The molecule has 2 saturated heterocycles. The van der Waals surface area contributed by atoms with E-state index >= 15 is 0 Å². The molecule has 2 heterocycles. The molecule has 2 aromatic carbocycles. The van der Waals surface area contributed by atoms with Crippen LogP contribution in [0.4, 0.5) is 0 Å². The number of carbonyl (C=O) groups is 2. The summed E-state index contributed by atoms with van der Waals surface area (Å²) in [6, 6.07) is 16.1. The number of nitrogens with one attached hydrogen (secondary N) is 1. The number of unbranched alkanes of at least 4 members (excludes halogenated alkanes) is 1. The smallest absolute Gasteiger partial charge is 0.246 e. The van der Waals surface area contributed by atoms with Gasteiger partial charge < -0.3 is 15.0 Å². The number of thioether (sulfide) groups is 1. The van der Waals surface area contributed by atoms with Gasteiger partial charge in [0.1, 0.15) is 23.1 Å². The van der Waals surface area contributed by atoms with Gasteiger partial charge in [0.2, 0.25) is 11.8 Å². The van der Waals surface area contributed by atoms with Crippen LogP contribution in [0.15, 0.2) is 53.4 Å². The van der Waals surface area contributed by atoms with E-state index in [2.05, 4.69) is 47.7 Å². The van der Waals surface area contributed by atoms with E-state index in [1.165, 1.54) is 42.6 Å². The summed E-state index contributed by atoms with van der Waals surface area (Å²) in [5.41, 5.74) is 0.524. The van der Waals surface area contributed by atoms with Gasteiger partial charge in [-0.05, 0) is 79.8 Å². The summed E-state index contributed by atoms with van der Waals surface area (Å²) in [6.07, 6.45) is 12.4. The van der Waals surface area contributed by atoms with Gasteiger partial charge >= 0.3 is 0 Å². The van der Waals surface area contributed by atoms with Crippen molar-refractivity contribution in [3.05, 3.63) is 54.1 Å². The van der Waals surface area contributed by atoms with E-state index in [1.54, 1.807) is 11.8 Å². The molecule has 1 N–H and O–H groups in total. The zero-order chi connectivity index (χ0) is 28.0. The second-order valence-electron chi connectivity index (χ2n) is 11.8. The Labute approximate surface area is 244 Å². The van der Waals surface area contributed by atoms with E-state index in [0.717, 1.165) is 50.4 Å². The minimum atomic E-state index is -0.699. The third-order valence-electron chi connectivity index (χ3n) is 9.15. The Morgan fingerprint density at radius 1 is 0.950 bits per heavy atom. The van der Waals surface area contributed by atoms with Crippen LogP contribution >= 0.6 is 11.8 Å². The van der Waals surface area contributed by atoms with Gasteiger partial charge in [0.05, 0.1) is 0 Å². The Morgan fingerprint density at radius 3 is 2.23 bits per heavy atom. The van der Waals surface area contributed by atoms with Gasteiger partial charge in [-0.15, -0.1) is 11.8 Å². The summed E-state index contributed by atoms with van der Waals surface area (Å²) >= 11 is 1.72. The third-order valence-corrected chi connectivity index (χ3v) is 9.89. The van der Waals surface area contributed by atoms with E-state index in [0.29, 0.717) is 25.3 Å². The molecule has 0 radical (unpaired) electrons. The molecule has 2 aromatic rings. The molecule has 40 heavy (non-hydrogen) atoms. The minimum absolute atomic E-state index is 0.0794. The molecule has 1 atom stereocenters. The Hall–Kier alpha value is -2.51. The van der Waals surface area contributed by atoms with Gasteiger partial charge in [-0.3, -0.25) is 14.5 Å². The van der Waals surface area contributed by atoms with E-state index in [1.807, 2.05) is 29.2 Å². The molecule has 6 nitrogen and oxygen atoms in total. The lowest BCUT2D eigenvalue weighted by atomic mass is 9.79. The first-order valence-electron chi connectivity index (χ1n) is 15.3. The maximum atomic E-state index is 13.8. The van der Waals surface area contributed by atoms with Crippen molar-refractivity contribution in [3.63, 3.8) is 0 Å². The quantitative estimate of drug-likeness (QED) is 0.329. The van der Waals surface area contributed by atoms with Gasteiger partial charge in [-0.1, -0.05) is 57.6 Å². The van der Waals surface area contributed by atoms with E-state index < -0.39 is 5.54 Å². The number of amides is 2. The molecule has 1 aliphatic carbocycles. The zero-order valence-electron chi connectivity index (χ0n) is 24.2. The normalized spacial score (nSPS) is 21.9. The summed E-state index contributed by atoms with van der Waals surface area (Å²) in [7, 11) is 0. The van der Waals surface area contributed by atoms with Crippen molar-refractivity contribution in [1.29, 1.82) is 0 Å². The topological polar surface area (TPSA) is 61.9 Å². The van der Waals surface area contributed by atoms with Crippen LogP contribution in [0.1, 0.15) is 76.7 Å². The van der Waals surface area contributed by atoms with Gasteiger partial charge in [0.15, 0.2) is 0 Å². The van der Waals surface area contributed by atoms with Crippen molar-refractivity contribution >= 4 is 23.6 Å². The molecule has 1 spiro atoms. The lowest BCUT2D eigenvalue weighted by molar-refractivity contribution is -0.162.